The van der Waals surface area contributed by atoms with Crippen LogP contribution in [-0.2, 0) is 6.42 Å². The highest BCUT2D eigenvalue weighted by Gasteiger charge is 2.44. The zero-order valence-corrected chi connectivity index (χ0v) is 28.5. The SMILES string of the molecule is CC1=C[C@H](c2c(O)cc(O)c3c(=O)c(CCC(C)(C)O)c(-c4ccc(O)cc4O)oc23)[C@@H](C(=O)c2ccc(O)cc2O)[C@H](c2ccc(O)cc2O)C1. The third-order valence-electron chi connectivity index (χ3n) is 9.59. The van der Waals surface area contributed by atoms with Crippen molar-refractivity contribution in [1.29, 1.82) is 0 Å². The number of aliphatic hydroxyl groups is 1. The first-order valence-corrected chi connectivity index (χ1v) is 16.5. The van der Waals surface area contributed by atoms with Gasteiger partial charge in [-0.15, -0.1) is 0 Å². The molecule has 0 spiro atoms. The largest absolute Gasteiger partial charge is 0.508 e. The summed E-state index contributed by atoms with van der Waals surface area (Å²) in [5.41, 5.74) is -1.66. The fourth-order valence-corrected chi connectivity index (χ4v) is 7.17. The number of hydrogen-bond donors (Lipinski definition) is 9. The van der Waals surface area contributed by atoms with Crippen molar-refractivity contribution in [2.24, 2.45) is 5.92 Å². The summed E-state index contributed by atoms with van der Waals surface area (Å²) in [4.78, 5) is 29.1. The van der Waals surface area contributed by atoms with E-state index in [9.17, 15) is 55.5 Å². The number of carbonyl (C=O) groups is 1. The van der Waals surface area contributed by atoms with Crippen LogP contribution < -0.4 is 5.43 Å². The average molecular weight is 711 g/mol. The van der Waals surface area contributed by atoms with Crippen molar-refractivity contribution in [1.82, 2.24) is 0 Å². The second-order valence-corrected chi connectivity index (χ2v) is 14.0. The van der Waals surface area contributed by atoms with Crippen LogP contribution in [0.3, 0.4) is 0 Å². The molecule has 0 unspecified atom stereocenters. The van der Waals surface area contributed by atoms with Gasteiger partial charge in [0.2, 0.25) is 0 Å². The maximum absolute atomic E-state index is 14.7. The standard InChI is InChI=1S/C40H38O12/c1-18-12-26(22-7-4-19(41)14-28(22)44)33(36(49)23-8-5-20(42)15-29(23)45)27(13-18)34-31(47)17-32(48)35-37(50)25(10-11-40(2,3)51)38(52-39(34)35)24-9-6-21(43)16-30(24)46/h4-9,13-17,26-27,33,41-48,51H,10-12H2,1-3H3/t26-,27-,33-/m0/s1. The van der Waals surface area contributed by atoms with Gasteiger partial charge in [-0.25, -0.2) is 0 Å². The number of fused-ring (bicyclic) bond motifs is 1. The molecule has 4 aromatic carbocycles. The molecule has 5 aromatic rings. The Balaban J connectivity index is 1.69. The van der Waals surface area contributed by atoms with Crippen molar-refractivity contribution in [3.63, 3.8) is 0 Å². The van der Waals surface area contributed by atoms with E-state index in [1.54, 1.807) is 26.8 Å². The lowest BCUT2D eigenvalue weighted by Gasteiger charge is -2.37. The predicted molar refractivity (Wildman–Crippen MR) is 190 cm³/mol. The number of phenolic OH excluding ortho intramolecular Hbond substituents is 8. The molecule has 12 heteroatoms. The van der Waals surface area contributed by atoms with Gasteiger partial charge >= 0.3 is 0 Å². The Kier molecular flexibility index (Phi) is 9.06. The molecule has 3 atom stereocenters. The van der Waals surface area contributed by atoms with Gasteiger partial charge in [-0.1, -0.05) is 17.7 Å². The van der Waals surface area contributed by atoms with E-state index in [1.807, 2.05) is 0 Å². The number of aromatic hydroxyl groups is 8. The number of rotatable bonds is 8. The van der Waals surface area contributed by atoms with Gasteiger partial charge in [0.05, 0.1) is 16.7 Å². The molecule has 0 bridgehead atoms. The van der Waals surface area contributed by atoms with Crippen molar-refractivity contribution < 1.29 is 55.2 Å². The summed E-state index contributed by atoms with van der Waals surface area (Å²) in [5.74, 6) is -7.38. The second-order valence-electron chi connectivity index (χ2n) is 14.0. The Morgan fingerprint density at radius 1 is 0.788 bits per heavy atom. The Labute approximate surface area is 297 Å². The fourth-order valence-electron chi connectivity index (χ4n) is 7.17. The summed E-state index contributed by atoms with van der Waals surface area (Å²) < 4.78 is 6.43. The van der Waals surface area contributed by atoms with E-state index in [0.717, 1.165) is 24.3 Å². The molecule has 9 N–H and O–H groups in total. The van der Waals surface area contributed by atoms with Crippen molar-refractivity contribution >= 4 is 16.8 Å². The summed E-state index contributed by atoms with van der Waals surface area (Å²) in [6.45, 7) is 4.86. The first-order chi connectivity index (χ1) is 24.4. The lowest BCUT2D eigenvalue weighted by Crippen LogP contribution is -2.32. The molecule has 1 aliphatic carbocycles. The number of allylic oxidation sites excluding steroid dienone is 2. The van der Waals surface area contributed by atoms with Crippen LogP contribution in [0.5, 0.6) is 46.0 Å². The molecule has 0 radical (unpaired) electrons. The van der Waals surface area contributed by atoms with Crippen LogP contribution in [0.1, 0.15) is 72.5 Å². The maximum Gasteiger partial charge on any atom is 0.200 e. The topological polar surface area (TPSA) is 229 Å². The van der Waals surface area contributed by atoms with Gasteiger partial charge in [0.15, 0.2) is 11.2 Å². The molecule has 1 heterocycles. The average Bonchev–Trinajstić information content (AvgIpc) is 3.03. The minimum absolute atomic E-state index is 0.0137. The molecule has 52 heavy (non-hydrogen) atoms. The number of phenols is 8. The molecular weight excluding hydrogens is 672 g/mol. The van der Waals surface area contributed by atoms with E-state index in [1.165, 1.54) is 36.4 Å². The Hall–Kier alpha value is -6.14. The first-order valence-electron chi connectivity index (χ1n) is 16.5. The third kappa shape index (κ3) is 6.56. The molecule has 6 rings (SSSR count). The highest BCUT2D eigenvalue weighted by molar-refractivity contribution is 6.02. The molecule has 0 amide bonds. The number of benzene rings is 4. The minimum Gasteiger partial charge on any atom is -0.508 e. The first kappa shape index (κ1) is 35.7. The molecule has 0 fully saturated rings. The summed E-state index contributed by atoms with van der Waals surface area (Å²) in [5, 5.41) is 95.8. The van der Waals surface area contributed by atoms with Crippen molar-refractivity contribution in [2.45, 2.75) is 57.5 Å². The van der Waals surface area contributed by atoms with E-state index in [-0.39, 0.29) is 86.8 Å². The number of ketones is 1. The number of hydrogen-bond acceptors (Lipinski definition) is 12. The van der Waals surface area contributed by atoms with Gasteiger partial charge in [-0.3, -0.25) is 9.59 Å². The Bertz CT molecular complexity index is 2330. The van der Waals surface area contributed by atoms with Crippen LogP contribution in [0.25, 0.3) is 22.3 Å². The summed E-state index contributed by atoms with van der Waals surface area (Å²) in [6.07, 6.45) is 1.88. The Morgan fingerprint density at radius 3 is 2.02 bits per heavy atom. The minimum atomic E-state index is -1.24. The van der Waals surface area contributed by atoms with Crippen molar-refractivity contribution in [3.8, 4) is 57.3 Å². The third-order valence-corrected chi connectivity index (χ3v) is 9.59. The zero-order chi connectivity index (χ0) is 37.8. The number of carbonyl (C=O) groups excluding carboxylic acids is 1. The number of Topliss-reactive ketones (excluding diaryl/α,β-unsaturated/α-hetero) is 1. The molecule has 0 aliphatic heterocycles. The lowest BCUT2D eigenvalue weighted by atomic mass is 9.65. The van der Waals surface area contributed by atoms with Gasteiger partial charge in [0, 0.05) is 53.1 Å². The molecule has 1 aromatic heterocycles. The fraction of sp³-hybridized carbons (Fsp3) is 0.250. The quantitative estimate of drug-likeness (QED) is 0.0619. The predicted octanol–water partition coefficient (Wildman–Crippen LogP) is 6.52. The van der Waals surface area contributed by atoms with Crippen LogP contribution in [0.15, 0.2) is 81.5 Å². The van der Waals surface area contributed by atoms with Crippen LogP contribution in [0, 0.1) is 5.92 Å². The van der Waals surface area contributed by atoms with Gasteiger partial charge in [0.1, 0.15) is 62.7 Å². The Morgan fingerprint density at radius 2 is 1.40 bits per heavy atom. The van der Waals surface area contributed by atoms with E-state index >= 15 is 0 Å². The van der Waals surface area contributed by atoms with Gasteiger partial charge < -0.3 is 50.4 Å². The normalized spacial score (nSPS) is 17.6. The van der Waals surface area contributed by atoms with Crippen molar-refractivity contribution in [3.05, 3.63) is 105 Å². The van der Waals surface area contributed by atoms with Crippen LogP contribution in [-0.4, -0.2) is 57.3 Å². The smallest absolute Gasteiger partial charge is 0.200 e. The van der Waals surface area contributed by atoms with Gasteiger partial charge in [-0.05, 0) is 75.9 Å². The lowest BCUT2D eigenvalue weighted by molar-refractivity contribution is 0.0713. The molecule has 0 saturated heterocycles. The summed E-state index contributed by atoms with van der Waals surface area (Å²) in [7, 11) is 0. The zero-order valence-electron chi connectivity index (χ0n) is 28.5. The highest BCUT2D eigenvalue weighted by Crippen LogP contribution is 2.53. The molecule has 1 aliphatic rings. The van der Waals surface area contributed by atoms with Gasteiger partial charge in [0.25, 0.3) is 0 Å². The van der Waals surface area contributed by atoms with E-state index in [4.69, 9.17) is 4.42 Å². The van der Waals surface area contributed by atoms with Crippen LogP contribution in [0.4, 0.5) is 0 Å². The molecule has 12 nitrogen and oxygen atoms in total. The van der Waals surface area contributed by atoms with E-state index < -0.39 is 57.6 Å². The van der Waals surface area contributed by atoms with E-state index in [2.05, 4.69) is 0 Å². The molecular formula is C40H38O12. The summed E-state index contributed by atoms with van der Waals surface area (Å²) in [6, 6.07) is 12.0. The van der Waals surface area contributed by atoms with Gasteiger partial charge in [-0.2, -0.15) is 0 Å². The molecule has 270 valence electrons. The van der Waals surface area contributed by atoms with Crippen molar-refractivity contribution in [2.75, 3.05) is 0 Å². The second kappa shape index (κ2) is 13.2. The molecule has 0 saturated carbocycles. The maximum atomic E-state index is 14.7. The van der Waals surface area contributed by atoms with Crippen LogP contribution >= 0.6 is 0 Å². The van der Waals surface area contributed by atoms with Crippen LogP contribution in [0.2, 0.25) is 0 Å². The summed E-state index contributed by atoms with van der Waals surface area (Å²) >= 11 is 0. The monoisotopic (exact) mass is 710 g/mol. The highest BCUT2D eigenvalue weighted by atomic mass is 16.3. The van der Waals surface area contributed by atoms with E-state index in [0.29, 0.717) is 5.57 Å².